The molecule has 0 unspecified atom stereocenters. The Balaban J connectivity index is 2.79. The van der Waals surface area contributed by atoms with Gasteiger partial charge >= 0.3 is 5.97 Å². The van der Waals surface area contributed by atoms with Gasteiger partial charge in [-0.3, -0.25) is 0 Å². The number of rotatable bonds is 2. The first-order valence-corrected chi connectivity index (χ1v) is 4.70. The van der Waals surface area contributed by atoms with Crippen LogP contribution in [0.2, 0.25) is 0 Å². The van der Waals surface area contributed by atoms with Gasteiger partial charge in [-0.05, 0) is 13.0 Å². The number of fused-ring (bicyclic) bond motifs is 1. The average molecular weight is 221 g/mol. The summed E-state index contributed by atoms with van der Waals surface area (Å²) < 4.78 is 6.23. The fourth-order valence-electron chi connectivity index (χ4n) is 1.64. The fraction of sp³-hybridized carbons (Fsp3) is 0.300. The summed E-state index contributed by atoms with van der Waals surface area (Å²) in [6.45, 7) is 1.56. The second-order valence-corrected chi connectivity index (χ2v) is 3.32. The van der Waals surface area contributed by atoms with E-state index in [1.807, 2.05) is 6.92 Å². The predicted octanol–water partition coefficient (Wildman–Crippen LogP) is 0.317. The molecule has 0 aliphatic rings. The topological polar surface area (TPSA) is 76.7 Å². The number of methoxy groups -OCH3 is 1. The lowest BCUT2D eigenvalue weighted by molar-refractivity contribution is 0.0603. The molecule has 0 aliphatic carbocycles. The van der Waals surface area contributed by atoms with Crippen molar-refractivity contribution in [3.63, 3.8) is 0 Å². The van der Waals surface area contributed by atoms with Crippen LogP contribution in [0.25, 0.3) is 5.52 Å². The molecular weight excluding hydrogens is 210 g/mol. The summed E-state index contributed by atoms with van der Waals surface area (Å²) in [6, 6.07) is 1.66. The molecule has 6 heteroatoms. The van der Waals surface area contributed by atoms with E-state index in [-0.39, 0.29) is 6.61 Å². The van der Waals surface area contributed by atoms with E-state index in [1.54, 1.807) is 10.6 Å². The summed E-state index contributed by atoms with van der Waals surface area (Å²) in [7, 11) is 1.31. The molecule has 1 N–H and O–H groups in total. The number of ether oxygens (including phenoxy) is 1. The number of aliphatic hydroxyl groups is 1. The first kappa shape index (κ1) is 10.6. The predicted molar refractivity (Wildman–Crippen MR) is 55.0 cm³/mol. The van der Waals surface area contributed by atoms with Crippen LogP contribution >= 0.6 is 0 Å². The molecule has 84 valence electrons. The number of nitrogens with zero attached hydrogens (tertiary/aromatic N) is 3. The Labute approximate surface area is 91.5 Å². The minimum atomic E-state index is -0.463. The van der Waals surface area contributed by atoms with E-state index in [1.165, 1.54) is 13.4 Å². The van der Waals surface area contributed by atoms with Crippen molar-refractivity contribution in [1.82, 2.24) is 14.6 Å². The molecule has 0 aromatic carbocycles. The van der Waals surface area contributed by atoms with Gasteiger partial charge in [0.25, 0.3) is 0 Å². The summed E-state index contributed by atoms with van der Waals surface area (Å²) in [5, 5.41) is 13.2. The van der Waals surface area contributed by atoms with Gasteiger partial charge in [0.05, 0.1) is 25.0 Å². The number of hydrogen-bond acceptors (Lipinski definition) is 5. The van der Waals surface area contributed by atoms with Crippen LogP contribution in [0.1, 0.15) is 21.7 Å². The van der Waals surface area contributed by atoms with Crippen molar-refractivity contribution >= 4 is 11.5 Å². The lowest BCUT2D eigenvalue weighted by Crippen LogP contribution is -2.05. The third-order valence-corrected chi connectivity index (χ3v) is 2.36. The molecule has 0 spiro atoms. The molecule has 6 nitrogen and oxygen atoms in total. The van der Waals surface area contributed by atoms with Crippen LogP contribution in [0.15, 0.2) is 12.4 Å². The van der Waals surface area contributed by atoms with Gasteiger partial charge in [-0.1, -0.05) is 0 Å². The fourth-order valence-corrected chi connectivity index (χ4v) is 1.64. The van der Waals surface area contributed by atoms with Gasteiger partial charge in [0.15, 0.2) is 0 Å². The molecule has 2 heterocycles. The van der Waals surface area contributed by atoms with E-state index in [0.29, 0.717) is 16.8 Å². The van der Waals surface area contributed by atoms with Gasteiger partial charge in [-0.2, -0.15) is 5.10 Å². The quantitative estimate of drug-likeness (QED) is 0.739. The Kier molecular flexibility index (Phi) is 2.57. The maximum absolute atomic E-state index is 11.5. The normalized spacial score (nSPS) is 10.7. The maximum atomic E-state index is 11.5. The summed E-state index contributed by atoms with van der Waals surface area (Å²) >= 11 is 0. The Morgan fingerprint density at radius 1 is 1.62 bits per heavy atom. The number of aromatic nitrogens is 3. The van der Waals surface area contributed by atoms with Crippen LogP contribution in [-0.4, -0.2) is 32.8 Å². The Morgan fingerprint density at radius 2 is 2.38 bits per heavy atom. The molecule has 0 saturated heterocycles. The molecule has 2 aromatic rings. The number of carbonyl (C=O) groups is 1. The Hall–Kier alpha value is -1.95. The molecule has 0 fully saturated rings. The van der Waals surface area contributed by atoms with Crippen molar-refractivity contribution in [2.45, 2.75) is 13.5 Å². The number of carbonyl (C=O) groups excluding carboxylic acids is 1. The van der Waals surface area contributed by atoms with Crippen molar-refractivity contribution in [1.29, 1.82) is 0 Å². The second kappa shape index (κ2) is 3.90. The summed E-state index contributed by atoms with van der Waals surface area (Å²) in [5.74, 6) is -0.463. The van der Waals surface area contributed by atoms with Crippen LogP contribution in [0.4, 0.5) is 0 Å². The van der Waals surface area contributed by atoms with Crippen LogP contribution in [0.5, 0.6) is 0 Å². The zero-order valence-corrected chi connectivity index (χ0v) is 8.97. The second-order valence-electron chi connectivity index (χ2n) is 3.32. The minimum Gasteiger partial charge on any atom is -0.465 e. The first-order valence-electron chi connectivity index (χ1n) is 4.70. The number of aryl methyl sites for hydroxylation is 1. The van der Waals surface area contributed by atoms with E-state index in [9.17, 15) is 4.79 Å². The molecule has 0 bridgehead atoms. The molecule has 0 aliphatic heterocycles. The zero-order chi connectivity index (χ0) is 11.7. The summed E-state index contributed by atoms with van der Waals surface area (Å²) in [4.78, 5) is 15.5. The van der Waals surface area contributed by atoms with Crippen molar-refractivity contribution in [2.24, 2.45) is 0 Å². The van der Waals surface area contributed by atoms with Crippen LogP contribution in [-0.2, 0) is 11.3 Å². The lowest BCUT2D eigenvalue weighted by atomic mass is 10.2. The van der Waals surface area contributed by atoms with Crippen molar-refractivity contribution < 1.29 is 14.6 Å². The summed E-state index contributed by atoms with van der Waals surface area (Å²) in [5.41, 5.74) is 2.05. The third kappa shape index (κ3) is 1.43. The molecule has 0 atom stereocenters. The van der Waals surface area contributed by atoms with Crippen molar-refractivity contribution in [3.8, 4) is 0 Å². The highest BCUT2D eigenvalue weighted by Crippen LogP contribution is 2.18. The van der Waals surface area contributed by atoms with Gasteiger partial charge in [-0.25, -0.2) is 14.3 Å². The number of esters is 1. The molecule has 0 radical (unpaired) electrons. The minimum absolute atomic E-state index is 0.251. The number of hydrogen-bond donors (Lipinski definition) is 1. The van der Waals surface area contributed by atoms with Gasteiger partial charge in [0.2, 0.25) is 0 Å². The third-order valence-electron chi connectivity index (χ3n) is 2.36. The molecule has 2 aromatic heterocycles. The maximum Gasteiger partial charge on any atom is 0.340 e. The van der Waals surface area contributed by atoms with Gasteiger partial charge < -0.3 is 9.84 Å². The Morgan fingerprint density at radius 3 is 3.00 bits per heavy atom. The standard InChI is InChI=1S/C10H11N3O3/c1-6-3-7(10(15)16-2)9-8(4-14)11-5-12-13(6)9/h3,5,14H,4H2,1-2H3. The average Bonchev–Trinajstić information content (AvgIpc) is 2.66. The smallest absolute Gasteiger partial charge is 0.340 e. The zero-order valence-electron chi connectivity index (χ0n) is 8.97. The highest BCUT2D eigenvalue weighted by Gasteiger charge is 2.18. The van der Waals surface area contributed by atoms with Crippen LogP contribution < -0.4 is 0 Å². The monoisotopic (exact) mass is 221 g/mol. The van der Waals surface area contributed by atoms with E-state index in [4.69, 9.17) is 5.11 Å². The molecule has 0 saturated carbocycles. The van der Waals surface area contributed by atoms with Gasteiger partial charge in [0, 0.05) is 5.69 Å². The molecular formula is C10H11N3O3. The molecule has 16 heavy (non-hydrogen) atoms. The SMILES string of the molecule is COC(=O)c1cc(C)n2ncnc(CO)c12. The highest BCUT2D eigenvalue weighted by molar-refractivity contribution is 5.98. The van der Waals surface area contributed by atoms with Crippen LogP contribution in [0.3, 0.4) is 0 Å². The molecule has 0 amide bonds. The van der Waals surface area contributed by atoms with E-state index in [0.717, 1.165) is 5.69 Å². The van der Waals surface area contributed by atoms with Crippen molar-refractivity contribution in [3.05, 3.63) is 29.3 Å². The lowest BCUT2D eigenvalue weighted by Gasteiger charge is -2.02. The molecule has 2 rings (SSSR count). The van der Waals surface area contributed by atoms with E-state index in [2.05, 4.69) is 14.8 Å². The first-order chi connectivity index (χ1) is 7.69. The van der Waals surface area contributed by atoms with Gasteiger partial charge in [0.1, 0.15) is 11.8 Å². The van der Waals surface area contributed by atoms with Crippen LogP contribution in [0, 0.1) is 6.92 Å². The Bertz CT molecular complexity index is 547. The van der Waals surface area contributed by atoms with Crippen molar-refractivity contribution in [2.75, 3.05) is 7.11 Å². The highest BCUT2D eigenvalue weighted by atomic mass is 16.5. The van der Waals surface area contributed by atoms with E-state index < -0.39 is 5.97 Å². The summed E-state index contributed by atoms with van der Waals surface area (Å²) in [6.07, 6.45) is 1.34. The van der Waals surface area contributed by atoms with Gasteiger partial charge in [-0.15, -0.1) is 0 Å². The largest absolute Gasteiger partial charge is 0.465 e. The van der Waals surface area contributed by atoms with E-state index >= 15 is 0 Å². The number of aliphatic hydroxyl groups excluding tert-OH is 1.